The minimum absolute atomic E-state index is 0.0117. The predicted molar refractivity (Wildman–Crippen MR) is 124 cm³/mol. The molecule has 0 unspecified atom stereocenters. The Morgan fingerprint density at radius 3 is 2.65 bits per heavy atom. The number of nitrogens with one attached hydrogen (secondary N) is 1. The van der Waals surface area contributed by atoms with Crippen LogP contribution in [0.4, 0.5) is 0 Å². The molecule has 6 heteroatoms. The zero-order valence-corrected chi connectivity index (χ0v) is 18.9. The van der Waals surface area contributed by atoms with Gasteiger partial charge < -0.3 is 19.5 Å². The highest BCUT2D eigenvalue weighted by atomic mass is 16.5. The molecule has 2 aromatic rings. The van der Waals surface area contributed by atoms with Crippen molar-refractivity contribution in [2.45, 2.75) is 58.4 Å². The van der Waals surface area contributed by atoms with E-state index in [0.29, 0.717) is 18.2 Å². The van der Waals surface area contributed by atoms with E-state index in [1.165, 1.54) is 32.1 Å². The van der Waals surface area contributed by atoms with Gasteiger partial charge in [0.15, 0.2) is 6.61 Å². The van der Waals surface area contributed by atoms with Crippen LogP contribution in [0.1, 0.15) is 57.4 Å². The van der Waals surface area contributed by atoms with Crippen LogP contribution in [0.25, 0.3) is 10.9 Å². The van der Waals surface area contributed by atoms with E-state index in [4.69, 9.17) is 4.74 Å². The number of aromatic nitrogens is 1. The minimum atomic E-state index is -0.108. The second-order valence-electron chi connectivity index (χ2n) is 9.37. The summed E-state index contributed by atoms with van der Waals surface area (Å²) in [6.07, 6.45) is 6.20. The SMILES string of the molecule is CC(C)c1cc(=O)n(CC2CC2)c2cc(OCC(=O)NCCN3CCCCC3)ccc12. The van der Waals surface area contributed by atoms with Gasteiger partial charge in [-0.15, -0.1) is 0 Å². The van der Waals surface area contributed by atoms with Gasteiger partial charge in [-0.25, -0.2) is 0 Å². The average Bonchev–Trinajstić information content (AvgIpc) is 3.59. The molecule has 1 aromatic heterocycles. The summed E-state index contributed by atoms with van der Waals surface area (Å²) in [6, 6.07) is 7.63. The Labute approximate surface area is 184 Å². The number of ether oxygens (including phenoxy) is 1. The summed E-state index contributed by atoms with van der Waals surface area (Å²) >= 11 is 0. The maximum absolute atomic E-state index is 12.8. The van der Waals surface area contributed by atoms with Gasteiger partial charge in [-0.05, 0) is 68.3 Å². The molecular weight excluding hydrogens is 390 g/mol. The quantitative estimate of drug-likeness (QED) is 0.668. The second-order valence-corrected chi connectivity index (χ2v) is 9.37. The maximum Gasteiger partial charge on any atom is 0.257 e. The van der Waals surface area contributed by atoms with Crippen LogP contribution in [0.2, 0.25) is 0 Å². The van der Waals surface area contributed by atoms with Crippen molar-refractivity contribution in [3.8, 4) is 5.75 Å². The third-order valence-electron chi connectivity index (χ3n) is 6.44. The molecule has 0 radical (unpaired) electrons. The van der Waals surface area contributed by atoms with Gasteiger partial charge in [0, 0.05) is 37.2 Å². The van der Waals surface area contributed by atoms with Crippen LogP contribution in [-0.4, -0.2) is 48.2 Å². The molecule has 0 atom stereocenters. The van der Waals surface area contributed by atoms with Gasteiger partial charge >= 0.3 is 0 Å². The largest absolute Gasteiger partial charge is 0.484 e. The first-order chi connectivity index (χ1) is 15.0. The molecule has 1 amide bonds. The van der Waals surface area contributed by atoms with Crippen LogP contribution >= 0.6 is 0 Å². The van der Waals surface area contributed by atoms with Gasteiger partial charge in [0.2, 0.25) is 0 Å². The highest BCUT2D eigenvalue weighted by molar-refractivity contribution is 5.84. The van der Waals surface area contributed by atoms with E-state index in [0.717, 1.165) is 42.6 Å². The highest BCUT2D eigenvalue weighted by Gasteiger charge is 2.24. The number of benzene rings is 1. The third kappa shape index (κ3) is 5.67. The van der Waals surface area contributed by atoms with Crippen LogP contribution in [-0.2, 0) is 11.3 Å². The molecular formula is C25H35N3O3. The normalized spacial score (nSPS) is 17.3. The number of fused-ring (bicyclic) bond motifs is 1. The van der Waals surface area contributed by atoms with Crippen molar-refractivity contribution in [1.82, 2.24) is 14.8 Å². The summed E-state index contributed by atoms with van der Waals surface area (Å²) in [4.78, 5) is 27.4. The lowest BCUT2D eigenvalue weighted by atomic mass is 9.98. The first kappa shape index (κ1) is 21.9. The van der Waals surface area contributed by atoms with Crippen molar-refractivity contribution >= 4 is 16.8 Å². The van der Waals surface area contributed by atoms with Gasteiger partial charge in [-0.1, -0.05) is 20.3 Å². The van der Waals surface area contributed by atoms with Crippen molar-refractivity contribution in [1.29, 1.82) is 0 Å². The van der Waals surface area contributed by atoms with E-state index in [1.54, 1.807) is 6.07 Å². The van der Waals surface area contributed by atoms with Crippen molar-refractivity contribution in [2.24, 2.45) is 5.92 Å². The Bertz CT molecular complexity index is 972. The molecule has 6 nitrogen and oxygen atoms in total. The van der Waals surface area contributed by atoms with Crippen LogP contribution in [0.15, 0.2) is 29.1 Å². The molecule has 4 rings (SSSR count). The van der Waals surface area contributed by atoms with E-state index in [2.05, 4.69) is 24.1 Å². The molecule has 1 aliphatic heterocycles. The highest BCUT2D eigenvalue weighted by Crippen LogP contribution is 2.33. The summed E-state index contributed by atoms with van der Waals surface area (Å²) in [6.45, 7) is 8.77. The topological polar surface area (TPSA) is 63.6 Å². The number of hydrogen-bond acceptors (Lipinski definition) is 4. The fraction of sp³-hybridized carbons (Fsp3) is 0.600. The Hall–Kier alpha value is -2.34. The van der Waals surface area contributed by atoms with Crippen molar-refractivity contribution < 1.29 is 9.53 Å². The number of rotatable bonds is 9. The molecule has 1 saturated heterocycles. The lowest BCUT2D eigenvalue weighted by Gasteiger charge is -2.26. The minimum Gasteiger partial charge on any atom is -0.484 e. The number of carbonyl (C=O) groups excluding carboxylic acids is 1. The number of amides is 1. The second kappa shape index (κ2) is 9.86. The lowest BCUT2D eigenvalue weighted by Crippen LogP contribution is -2.39. The number of nitrogens with zero attached hydrogens (tertiary/aromatic N) is 2. The molecule has 1 aromatic carbocycles. The zero-order valence-electron chi connectivity index (χ0n) is 18.9. The molecule has 0 spiro atoms. The van der Waals surface area contributed by atoms with E-state index < -0.39 is 0 Å². The van der Waals surface area contributed by atoms with Crippen molar-refractivity contribution in [2.75, 3.05) is 32.8 Å². The molecule has 1 N–H and O–H groups in total. The first-order valence-corrected chi connectivity index (χ1v) is 11.8. The molecule has 1 saturated carbocycles. The Morgan fingerprint density at radius 1 is 1.16 bits per heavy atom. The maximum atomic E-state index is 12.8. The first-order valence-electron chi connectivity index (χ1n) is 11.8. The Balaban J connectivity index is 1.41. The average molecular weight is 426 g/mol. The Kier molecular flexibility index (Phi) is 6.96. The van der Waals surface area contributed by atoms with Crippen LogP contribution in [0, 0.1) is 5.92 Å². The number of piperidine rings is 1. The monoisotopic (exact) mass is 425 g/mol. The van der Waals surface area contributed by atoms with Gasteiger partial charge in [0.05, 0.1) is 5.52 Å². The fourth-order valence-electron chi connectivity index (χ4n) is 4.44. The number of carbonyl (C=O) groups is 1. The number of likely N-dealkylation sites (tertiary alicyclic amines) is 1. The number of hydrogen-bond donors (Lipinski definition) is 1. The zero-order chi connectivity index (χ0) is 21.8. The Morgan fingerprint density at radius 2 is 1.94 bits per heavy atom. The predicted octanol–water partition coefficient (Wildman–Crippen LogP) is 3.52. The van der Waals surface area contributed by atoms with Gasteiger partial charge in [0.1, 0.15) is 5.75 Å². The summed E-state index contributed by atoms with van der Waals surface area (Å²) in [5, 5.41) is 4.05. The molecule has 168 valence electrons. The molecule has 0 bridgehead atoms. The molecule has 2 fully saturated rings. The van der Waals surface area contributed by atoms with Crippen molar-refractivity contribution in [3.63, 3.8) is 0 Å². The van der Waals surface area contributed by atoms with Gasteiger partial charge in [-0.2, -0.15) is 0 Å². The van der Waals surface area contributed by atoms with E-state index in [-0.39, 0.29) is 24.0 Å². The smallest absolute Gasteiger partial charge is 0.257 e. The lowest BCUT2D eigenvalue weighted by molar-refractivity contribution is -0.123. The van der Waals surface area contributed by atoms with Crippen LogP contribution < -0.4 is 15.6 Å². The molecule has 1 aliphatic carbocycles. The fourth-order valence-corrected chi connectivity index (χ4v) is 4.44. The van der Waals surface area contributed by atoms with Gasteiger partial charge in [0.25, 0.3) is 11.5 Å². The molecule has 2 heterocycles. The summed E-state index contributed by atoms with van der Waals surface area (Å²) in [7, 11) is 0. The van der Waals surface area contributed by atoms with Crippen LogP contribution in [0.3, 0.4) is 0 Å². The third-order valence-corrected chi connectivity index (χ3v) is 6.44. The van der Waals surface area contributed by atoms with Gasteiger partial charge in [-0.3, -0.25) is 9.59 Å². The summed E-state index contributed by atoms with van der Waals surface area (Å²) < 4.78 is 7.67. The summed E-state index contributed by atoms with van der Waals surface area (Å²) in [5.74, 6) is 1.39. The molecule has 31 heavy (non-hydrogen) atoms. The summed E-state index contributed by atoms with van der Waals surface area (Å²) in [5.41, 5.74) is 2.02. The van der Waals surface area contributed by atoms with E-state index in [9.17, 15) is 9.59 Å². The number of pyridine rings is 1. The van der Waals surface area contributed by atoms with Crippen LogP contribution in [0.5, 0.6) is 5.75 Å². The standard InChI is InChI=1S/C25H35N3O3/c1-18(2)22-15-25(30)28(16-19-6-7-19)23-14-20(8-9-21(22)23)31-17-24(29)26-10-13-27-11-4-3-5-12-27/h8-9,14-15,18-19H,3-7,10-13,16-17H2,1-2H3,(H,26,29). The van der Waals surface area contributed by atoms with E-state index in [1.807, 2.05) is 22.8 Å². The molecule has 2 aliphatic rings. The van der Waals surface area contributed by atoms with Crippen molar-refractivity contribution in [3.05, 3.63) is 40.2 Å². The van der Waals surface area contributed by atoms with E-state index >= 15 is 0 Å².